The van der Waals surface area contributed by atoms with Crippen molar-refractivity contribution in [2.24, 2.45) is 0 Å². The first-order valence-corrected chi connectivity index (χ1v) is 8.99. The fourth-order valence-electron chi connectivity index (χ4n) is 2.29. The maximum atomic E-state index is 10.8. The Hall–Kier alpha value is 0.130. The smallest absolute Gasteiger partial charge is 0.744 e. The molecule has 0 heterocycles. The molecule has 0 aliphatic heterocycles. The third kappa shape index (κ3) is 9.69. The van der Waals surface area contributed by atoms with Crippen LogP contribution in [0, 0.1) is 0 Å². The van der Waals surface area contributed by atoms with Gasteiger partial charge in [-0.15, -0.1) is 0 Å². The predicted molar refractivity (Wildman–Crippen MR) is 80.7 cm³/mol. The van der Waals surface area contributed by atoms with Crippen molar-refractivity contribution >= 4 is 10.1 Å². The number of benzene rings is 1. The molecule has 3 nitrogen and oxygen atoms in total. The van der Waals surface area contributed by atoms with Crippen molar-refractivity contribution in [1.82, 2.24) is 0 Å². The minimum atomic E-state index is -4.31. The molecule has 0 aliphatic carbocycles. The van der Waals surface area contributed by atoms with Gasteiger partial charge in [0.15, 0.2) is 0 Å². The minimum Gasteiger partial charge on any atom is -0.744 e. The zero-order valence-electron chi connectivity index (χ0n) is 13.3. The van der Waals surface area contributed by atoms with E-state index in [4.69, 9.17) is 0 Å². The second-order valence-electron chi connectivity index (χ2n) is 5.32. The summed E-state index contributed by atoms with van der Waals surface area (Å²) in [7, 11) is -4.31. The maximum Gasteiger partial charge on any atom is 1.00 e. The second-order valence-corrected chi connectivity index (χ2v) is 6.70. The molecule has 0 aromatic heterocycles. The quantitative estimate of drug-likeness (QED) is 0.370. The van der Waals surface area contributed by atoms with Crippen LogP contribution in [0.15, 0.2) is 29.2 Å². The first-order chi connectivity index (χ1) is 9.54. The molecule has 5 heteroatoms. The molecule has 0 fully saturated rings. The fraction of sp³-hybridized carbons (Fsp3) is 0.625. The summed E-state index contributed by atoms with van der Waals surface area (Å²) < 4.78 is 32.4. The van der Waals surface area contributed by atoms with E-state index in [0.29, 0.717) is 0 Å². The van der Waals surface area contributed by atoms with Gasteiger partial charge in [0.05, 0.1) is 4.90 Å². The molecule has 0 saturated carbocycles. The number of hydrogen-bond donors (Lipinski definition) is 0. The topological polar surface area (TPSA) is 57.2 Å². The van der Waals surface area contributed by atoms with E-state index < -0.39 is 10.1 Å². The molecule has 0 N–H and O–H groups in total. The van der Waals surface area contributed by atoms with E-state index in [9.17, 15) is 13.0 Å². The third-order valence-electron chi connectivity index (χ3n) is 3.53. The normalized spacial score (nSPS) is 11.1. The number of aryl methyl sites for hydroxylation is 1. The summed E-state index contributed by atoms with van der Waals surface area (Å²) in [6.45, 7) is 2.23. The van der Waals surface area contributed by atoms with Crippen molar-refractivity contribution in [3.05, 3.63) is 29.8 Å². The largest absolute Gasteiger partial charge is 1.00 e. The van der Waals surface area contributed by atoms with Crippen LogP contribution in [0.2, 0.25) is 0 Å². The Kier molecular flexibility index (Phi) is 11.7. The average molecular weight is 326 g/mol. The van der Waals surface area contributed by atoms with Gasteiger partial charge in [-0.3, -0.25) is 0 Å². The molecule has 0 saturated heterocycles. The van der Waals surface area contributed by atoms with Gasteiger partial charge in [-0.1, -0.05) is 64.0 Å². The number of unbranched alkanes of at least 4 members (excludes halogenated alkanes) is 7. The predicted octanol–water partition coefficient (Wildman–Crippen LogP) is 1.28. The second kappa shape index (κ2) is 11.7. The van der Waals surface area contributed by atoms with Gasteiger partial charge >= 0.3 is 29.6 Å². The van der Waals surface area contributed by atoms with E-state index in [1.807, 2.05) is 0 Å². The molecule has 1 aromatic carbocycles. The summed E-state index contributed by atoms with van der Waals surface area (Å²) >= 11 is 0. The van der Waals surface area contributed by atoms with Crippen molar-refractivity contribution < 1.29 is 42.5 Å². The van der Waals surface area contributed by atoms with Crippen LogP contribution in [-0.2, 0) is 16.5 Å². The fourth-order valence-corrected chi connectivity index (χ4v) is 2.76. The van der Waals surface area contributed by atoms with Crippen LogP contribution < -0.4 is 29.6 Å². The zero-order chi connectivity index (χ0) is 14.8. The molecule has 114 valence electrons. The Labute approximate surface area is 151 Å². The molecule has 21 heavy (non-hydrogen) atoms. The molecule has 0 radical (unpaired) electrons. The standard InChI is InChI=1S/C16H26O3S.Na/c1-2-3-4-5-6-7-8-9-10-15-11-13-16(14-12-15)20(17,18)19;/h11-14H,2-10H2,1H3,(H,17,18,19);/q;+1/p-1/i11+1,12+1,13+1,14+1,15+1,16+1;. The summed E-state index contributed by atoms with van der Waals surface area (Å²) in [4.78, 5) is -0.142. The van der Waals surface area contributed by atoms with Crippen molar-refractivity contribution in [2.75, 3.05) is 0 Å². The number of hydrogen-bond acceptors (Lipinski definition) is 3. The van der Waals surface area contributed by atoms with Crippen LogP contribution in [-0.4, -0.2) is 13.0 Å². The minimum absolute atomic E-state index is 0. The van der Waals surface area contributed by atoms with E-state index in [0.717, 1.165) is 18.4 Å². The Morgan fingerprint density at radius 2 is 1.33 bits per heavy atom. The average Bonchev–Trinajstić information content (AvgIpc) is 2.41. The SMILES string of the molecule is CCCCCCCCCC[13c]1[13cH][13cH][13c](S(=O)(=O)[O-])[13cH][13cH]1.[Na+]. The van der Waals surface area contributed by atoms with Gasteiger partial charge in [0.1, 0.15) is 10.1 Å². The summed E-state index contributed by atoms with van der Waals surface area (Å²) in [5.41, 5.74) is 1.10. The van der Waals surface area contributed by atoms with E-state index in [2.05, 4.69) is 6.92 Å². The molecular weight excluding hydrogens is 301 g/mol. The Morgan fingerprint density at radius 1 is 0.857 bits per heavy atom. The molecule has 1 rings (SSSR count). The van der Waals surface area contributed by atoms with Crippen LogP contribution in [0.3, 0.4) is 0 Å². The van der Waals surface area contributed by atoms with Gasteiger partial charge < -0.3 is 4.55 Å². The Bertz CT molecular complexity index is 469. The molecule has 1 aromatic rings. The van der Waals surface area contributed by atoms with E-state index in [1.165, 1.54) is 57.1 Å². The molecular formula is C16H25NaO3S. The van der Waals surface area contributed by atoms with Gasteiger partial charge in [-0.2, -0.15) is 0 Å². The van der Waals surface area contributed by atoms with E-state index >= 15 is 0 Å². The van der Waals surface area contributed by atoms with Crippen molar-refractivity contribution in [2.45, 2.75) is 69.6 Å². The van der Waals surface area contributed by atoms with Crippen molar-refractivity contribution in [3.8, 4) is 0 Å². The molecule has 0 atom stereocenters. The maximum absolute atomic E-state index is 10.8. The zero-order valence-corrected chi connectivity index (χ0v) is 16.1. The van der Waals surface area contributed by atoms with Crippen LogP contribution in [0.4, 0.5) is 0 Å². The molecule has 0 aliphatic rings. The summed E-state index contributed by atoms with van der Waals surface area (Å²) in [5.74, 6) is 0. The van der Waals surface area contributed by atoms with Gasteiger partial charge in [0.25, 0.3) is 0 Å². The van der Waals surface area contributed by atoms with Crippen LogP contribution >= 0.6 is 0 Å². The van der Waals surface area contributed by atoms with Crippen molar-refractivity contribution in [1.29, 1.82) is 0 Å². The van der Waals surface area contributed by atoms with Gasteiger partial charge in [0.2, 0.25) is 0 Å². The Balaban J connectivity index is 0.00000400. The van der Waals surface area contributed by atoms with Crippen LogP contribution in [0.1, 0.15) is 63.9 Å². The number of rotatable bonds is 10. The summed E-state index contributed by atoms with van der Waals surface area (Å²) in [6, 6.07) is 6.29. The first kappa shape index (κ1) is 21.1. The molecule has 0 spiro atoms. The molecule has 0 bridgehead atoms. The van der Waals surface area contributed by atoms with Gasteiger partial charge in [-0.05, 0) is 30.5 Å². The first-order valence-electron chi connectivity index (χ1n) is 7.59. The van der Waals surface area contributed by atoms with Gasteiger partial charge in [0, 0.05) is 0 Å². The van der Waals surface area contributed by atoms with E-state index in [1.54, 1.807) is 12.1 Å². The van der Waals surface area contributed by atoms with Crippen molar-refractivity contribution in [3.63, 3.8) is 0 Å². The monoisotopic (exact) mass is 326 g/mol. The van der Waals surface area contributed by atoms with E-state index in [-0.39, 0.29) is 34.5 Å². The molecule has 0 amide bonds. The summed E-state index contributed by atoms with van der Waals surface area (Å²) in [5, 5.41) is 0. The van der Waals surface area contributed by atoms with Crippen LogP contribution in [0.25, 0.3) is 0 Å². The molecule has 0 unspecified atom stereocenters. The van der Waals surface area contributed by atoms with Gasteiger partial charge in [-0.25, -0.2) is 8.42 Å². The Morgan fingerprint density at radius 3 is 1.81 bits per heavy atom. The van der Waals surface area contributed by atoms with Crippen LogP contribution in [0.5, 0.6) is 0 Å². The third-order valence-corrected chi connectivity index (χ3v) is 4.38. The summed E-state index contributed by atoms with van der Waals surface area (Å²) in [6.07, 6.45) is 11.2.